The average molecular weight is 261 g/mol. The van der Waals surface area contributed by atoms with Crippen LogP contribution in [-0.2, 0) is 6.54 Å². The molecular weight excluding hydrogens is 244 g/mol. The van der Waals surface area contributed by atoms with E-state index in [2.05, 4.69) is 39.9 Å². The second-order valence-electron chi connectivity index (χ2n) is 3.98. The Labute approximate surface area is 93.4 Å². The first-order chi connectivity index (χ1) is 6.50. The van der Waals surface area contributed by atoms with E-state index in [9.17, 15) is 0 Å². The van der Waals surface area contributed by atoms with Gasteiger partial charge in [0.15, 0.2) is 0 Å². The summed E-state index contributed by atoms with van der Waals surface area (Å²) in [6.45, 7) is 5.34. The number of hydrogen-bond acceptors (Lipinski definition) is 3. The molecule has 14 heavy (non-hydrogen) atoms. The Bertz CT molecular complexity index is 293. The summed E-state index contributed by atoms with van der Waals surface area (Å²) in [6.07, 6.45) is 1.12. The number of hydrogen-bond donors (Lipinski definition) is 0. The Balaban J connectivity index is 2.74. The van der Waals surface area contributed by atoms with Crippen molar-refractivity contribution < 1.29 is 0 Å². The molecule has 0 aromatic carbocycles. The lowest BCUT2D eigenvalue weighted by Crippen LogP contribution is -2.16. The highest BCUT2D eigenvalue weighted by Gasteiger charge is 2.09. The molecule has 5 heteroatoms. The van der Waals surface area contributed by atoms with E-state index in [0.29, 0.717) is 10.7 Å². The molecule has 0 N–H and O–H groups in total. The maximum atomic E-state index is 4.28. The van der Waals surface area contributed by atoms with Gasteiger partial charge in [-0.3, -0.25) is 0 Å². The van der Waals surface area contributed by atoms with Crippen LogP contribution in [0.4, 0.5) is 5.95 Å². The molecule has 0 aliphatic rings. The molecule has 0 aliphatic heterocycles. The number of halogens is 1. The topological polar surface area (TPSA) is 34.0 Å². The fourth-order valence-corrected chi connectivity index (χ4v) is 1.52. The van der Waals surface area contributed by atoms with E-state index >= 15 is 0 Å². The fourth-order valence-electron chi connectivity index (χ4n) is 1.17. The van der Waals surface area contributed by atoms with E-state index in [4.69, 9.17) is 0 Å². The van der Waals surface area contributed by atoms with Gasteiger partial charge in [-0.05, 0) is 28.3 Å². The number of nitrogens with zero attached hydrogens (tertiary/aromatic N) is 4. The Morgan fingerprint density at radius 2 is 2.07 bits per heavy atom. The van der Waals surface area contributed by atoms with Gasteiger partial charge in [0, 0.05) is 20.6 Å². The minimum absolute atomic E-state index is 0.657. The minimum atomic E-state index is 0.657. The first kappa shape index (κ1) is 11.5. The predicted octanol–water partition coefficient (Wildman–Crippen LogP) is 2.15. The van der Waals surface area contributed by atoms with Gasteiger partial charge in [0.05, 0.1) is 0 Å². The summed E-state index contributed by atoms with van der Waals surface area (Å²) in [5.74, 6) is 1.59. The maximum absolute atomic E-state index is 4.28. The third-order valence-electron chi connectivity index (χ3n) is 1.94. The molecule has 80 valence electrons. The van der Waals surface area contributed by atoms with Crippen molar-refractivity contribution in [1.82, 2.24) is 14.8 Å². The van der Waals surface area contributed by atoms with Crippen LogP contribution in [0.2, 0.25) is 0 Å². The molecule has 0 radical (unpaired) electrons. The molecule has 0 spiro atoms. The zero-order valence-electron chi connectivity index (χ0n) is 9.16. The number of rotatable bonds is 4. The lowest BCUT2D eigenvalue weighted by Gasteiger charge is -2.13. The van der Waals surface area contributed by atoms with Gasteiger partial charge in [-0.25, -0.2) is 4.68 Å². The average Bonchev–Trinajstić information content (AvgIpc) is 2.43. The highest BCUT2D eigenvalue weighted by Crippen LogP contribution is 2.14. The molecule has 1 heterocycles. The summed E-state index contributed by atoms with van der Waals surface area (Å²) in [4.78, 5) is 6.25. The zero-order chi connectivity index (χ0) is 10.7. The van der Waals surface area contributed by atoms with Crippen LogP contribution in [0.5, 0.6) is 0 Å². The Morgan fingerprint density at radius 3 is 2.57 bits per heavy atom. The molecule has 1 aromatic heterocycles. The van der Waals surface area contributed by atoms with Gasteiger partial charge < -0.3 is 4.90 Å². The molecule has 0 amide bonds. The Hall–Kier alpha value is -0.580. The molecule has 1 aromatic rings. The summed E-state index contributed by atoms with van der Waals surface area (Å²) in [6, 6.07) is 0. The van der Waals surface area contributed by atoms with Crippen molar-refractivity contribution >= 4 is 21.9 Å². The Morgan fingerprint density at radius 1 is 1.43 bits per heavy atom. The van der Waals surface area contributed by atoms with Gasteiger partial charge >= 0.3 is 0 Å². The quantitative estimate of drug-likeness (QED) is 0.832. The minimum Gasteiger partial charge on any atom is -0.347 e. The Kier molecular flexibility index (Phi) is 3.92. The summed E-state index contributed by atoms with van der Waals surface area (Å²) in [5.41, 5.74) is 0. The standard InChI is InChI=1S/C9H17BrN4/c1-7(2)5-6-14-9(13(3)4)11-8(10)12-14/h7H,5-6H2,1-4H3. The normalized spacial score (nSPS) is 11.0. The molecule has 0 saturated heterocycles. The monoisotopic (exact) mass is 260 g/mol. The first-order valence-corrected chi connectivity index (χ1v) is 5.57. The van der Waals surface area contributed by atoms with Crippen molar-refractivity contribution in [3.05, 3.63) is 4.73 Å². The summed E-state index contributed by atoms with van der Waals surface area (Å²) < 4.78 is 2.59. The zero-order valence-corrected chi connectivity index (χ0v) is 10.7. The number of anilines is 1. The van der Waals surface area contributed by atoms with Gasteiger partial charge in [-0.1, -0.05) is 13.8 Å². The largest absolute Gasteiger partial charge is 0.347 e. The van der Waals surface area contributed by atoms with Crippen molar-refractivity contribution in [3.63, 3.8) is 0 Å². The van der Waals surface area contributed by atoms with Crippen molar-refractivity contribution in [1.29, 1.82) is 0 Å². The molecule has 0 unspecified atom stereocenters. The van der Waals surface area contributed by atoms with Crippen LogP contribution in [-0.4, -0.2) is 28.9 Å². The van der Waals surface area contributed by atoms with E-state index < -0.39 is 0 Å². The molecular formula is C9H17BrN4. The van der Waals surface area contributed by atoms with E-state index in [1.54, 1.807) is 0 Å². The number of aromatic nitrogens is 3. The SMILES string of the molecule is CC(C)CCn1nc(Br)nc1N(C)C. The van der Waals surface area contributed by atoms with Crippen LogP contribution >= 0.6 is 15.9 Å². The van der Waals surface area contributed by atoms with Gasteiger partial charge in [0.1, 0.15) is 0 Å². The van der Waals surface area contributed by atoms with Crippen LogP contribution < -0.4 is 4.90 Å². The van der Waals surface area contributed by atoms with Crippen molar-refractivity contribution in [2.75, 3.05) is 19.0 Å². The van der Waals surface area contributed by atoms with E-state index in [1.807, 2.05) is 23.7 Å². The summed E-state index contributed by atoms with van der Waals surface area (Å²) in [5, 5.41) is 4.28. The molecule has 0 saturated carbocycles. The highest BCUT2D eigenvalue weighted by atomic mass is 79.9. The third kappa shape index (κ3) is 2.97. The van der Waals surface area contributed by atoms with Crippen molar-refractivity contribution in [3.8, 4) is 0 Å². The summed E-state index contributed by atoms with van der Waals surface area (Å²) >= 11 is 3.29. The smallest absolute Gasteiger partial charge is 0.224 e. The van der Waals surface area contributed by atoms with Gasteiger partial charge in [-0.15, -0.1) is 5.10 Å². The van der Waals surface area contributed by atoms with Crippen LogP contribution in [0.25, 0.3) is 0 Å². The van der Waals surface area contributed by atoms with Crippen LogP contribution in [0.1, 0.15) is 20.3 Å². The maximum Gasteiger partial charge on any atom is 0.224 e. The molecule has 0 aliphatic carbocycles. The highest BCUT2D eigenvalue weighted by molar-refractivity contribution is 9.10. The third-order valence-corrected chi connectivity index (χ3v) is 2.28. The fraction of sp³-hybridized carbons (Fsp3) is 0.778. The molecule has 0 bridgehead atoms. The van der Waals surface area contributed by atoms with Crippen LogP contribution in [0.15, 0.2) is 4.73 Å². The van der Waals surface area contributed by atoms with Gasteiger partial charge in [-0.2, -0.15) is 4.98 Å². The molecule has 0 fully saturated rings. The molecule has 1 rings (SSSR count). The first-order valence-electron chi connectivity index (χ1n) is 4.78. The predicted molar refractivity (Wildman–Crippen MR) is 61.5 cm³/mol. The van der Waals surface area contributed by atoms with Crippen molar-refractivity contribution in [2.24, 2.45) is 5.92 Å². The van der Waals surface area contributed by atoms with Crippen molar-refractivity contribution in [2.45, 2.75) is 26.8 Å². The lowest BCUT2D eigenvalue weighted by atomic mass is 10.1. The van der Waals surface area contributed by atoms with Crippen LogP contribution in [0.3, 0.4) is 0 Å². The van der Waals surface area contributed by atoms with Gasteiger partial charge in [0.2, 0.25) is 10.7 Å². The van der Waals surface area contributed by atoms with E-state index in [0.717, 1.165) is 18.9 Å². The van der Waals surface area contributed by atoms with E-state index in [-0.39, 0.29) is 0 Å². The van der Waals surface area contributed by atoms with Gasteiger partial charge in [0.25, 0.3) is 0 Å². The lowest BCUT2D eigenvalue weighted by molar-refractivity contribution is 0.486. The summed E-state index contributed by atoms with van der Waals surface area (Å²) in [7, 11) is 3.95. The van der Waals surface area contributed by atoms with Crippen LogP contribution in [0, 0.1) is 5.92 Å². The second kappa shape index (κ2) is 4.77. The second-order valence-corrected chi connectivity index (χ2v) is 4.69. The molecule has 0 atom stereocenters. The van der Waals surface area contributed by atoms with E-state index in [1.165, 1.54) is 0 Å². The molecule has 4 nitrogen and oxygen atoms in total. The number of aryl methyl sites for hydroxylation is 1.